The van der Waals surface area contributed by atoms with Crippen LogP contribution in [0.2, 0.25) is 5.02 Å². The summed E-state index contributed by atoms with van der Waals surface area (Å²) in [6.07, 6.45) is 12.8. The van der Waals surface area contributed by atoms with Gasteiger partial charge in [-0.3, -0.25) is 4.79 Å². The number of rotatable bonds is 5. The SMILES string of the molecule is CC[C@H](C)[C@H](NC(=O)[C@]12CCC(C)(C)C[C@H]1C1=CC[C@@H]3[C@@]4(C)Cc5c([nH]c6ccc(Cl)cc56)C(C)(C)[C@@H]4CC[C@@]3(C)[C@]1(C)CC2)C(=O)OC. The van der Waals surface area contributed by atoms with E-state index in [-0.39, 0.29) is 50.8 Å². The Morgan fingerprint density at radius 2 is 1.73 bits per heavy atom. The van der Waals surface area contributed by atoms with Crippen molar-refractivity contribution >= 4 is 34.4 Å². The molecule has 2 N–H and O–H groups in total. The number of aromatic nitrogens is 1. The molecule has 5 aliphatic carbocycles. The summed E-state index contributed by atoms with van der Waals surface area (Å²) in [6, 6.07) is 5.73. The fraction of sp³-hybridized carbons (Fsp3) is 0.721. The number of methoxy groups -OCH3 is 1. The van der Waals surface area contributed by atoms with Crippen LogP contribution in [0.1, 0.15) is 131 Å². The van der Waals surface area contributed by atoms with E-state index in [2.05, 4.69) is 83.9 Å². The van der Waals surface area contributed by atoms with Gasteiger partial charge in [-0.15, -0.1) is 0 Å². The minimum Gasteiger partial charge on any atom is -0.467 e. The van der Waals surface area contributed by atoms with E-state index in [9.17, 15) is 9.59 Å². The number of fused-ring (bicyclic) bond motifs is 10. The molecule has 268 valence electrons. The van der Waals surface area contributed by atoms with Crippen LogP contribution in [-0.4, -0.2) is 30.0 Å². The molecule has 5 nitrogen and oxygen atoms in total. The zero-order valence-corrected chi connectivity index (χ0v) is 32.6. The van der Waals surface area contributed by atoms with Crippen LogP contribution in [0.3, 0.4) is 0 Å². The van der Waals surface area contributed by atoms with Crippen molar-refractivity contribution in [2.45, 2.75) is 138 Å². The first-order valence-electron chi connectivity index (χ1n) is 19.3. The van der Waals surface area contributed by atoms with Gasteiger partial charge in [0.2, 0.25) is 5.91 Å². The lowest BCUT2D eigenvalue weighted by Gasteiger charge is -2.70. The van der Waals surface area contributed by atoms with Gasteiger partial charge in [0.15, 0.2) is 0 Å². The van der Waals surface area contributed by atoms with E-state index in [4.69, 9.17) is 16.3 Å². The van der Waals surface area contributed by atoms with Crippen molar-refractivity contribution in [2.24, 2.45) is 50.7 Å². The summed E-state index contributed by atoms with van der Waals surface area (Å²) in [6.45, 7) is 21.7. The highest BCUT2D eigenvalue weighted by Gasteiger charge is 2.69. The lowest BCUT2D eigenvalue weighted by molar-refractivity contribution is -0.169. The predicted octanol–water partition coefficient (Wildman–Crippen LogP) is 10.3. The van der Waals surface area contributed by atoms with Gasteiger partial charge in [0.05, 0.1) is 12.5 Å². The molecular formula is C43H61ClN2O3. The van der Waals surface area contributed by atoms with Gasteiger partial charge >= 0.3 is 5.97 Å². The zero-order valence-electron chi connectivity index (χ0n) is 31.9. The molecule has 7 rings (SSSR count). The van der Waals surface area contributed by atoms with Gasteiger partial charge < -0.3 is 15.0 Å². The number of amides is 1. The molecule has 49 heavy (non-hydrogen) atoms. The molecule has 0 unspecified atom stereocenters. The van der Waals surface area contributed by atoms with Crippen molar-refractivity contribution in [3.8, 4) is 0 Å². The summed E-state index contributed by atoms with van der Waals surface area (Å²) in [5.41, 5.74) is 5.60. The number of halogens is 1. The summed E-state index contributed by atoms with van der Waals surface area (Å²) < 4.78 is 5.20. The fourth-order valence-corrected chi connectivity index (χ4v) is 13.2. The molecule has 1 amide bonds. The number of carbonyl (C=O) groups is 2. The molecule has 3 fully saturated rings. The Kier molecular flexibility index (Phi) is 8.15. The smallest absolute Gasteiger partial charge is 0.328 e. The number of nitrogens with one attached hydrogen (secondary N) is 2. The van der Waals surface area contributed by atoms with Crippen LogP contribution < -0.4 is 5.32 Å². The number of hydrogen-bond donors (Lipinski definition) is 2. The molecule has 1 aromatic heterocycles. The monoisotopic (exact) mass is 688 g/mol. The molecule has 9 atom stereocenters. The molecule has 0 radical (unpaired) electrons. The van der Waals surface area contributed by atoms with E-state index in [0.29, 0.717) is 11.8 Å². The third-order valence-electron chi connectivity index (χ3n) is 16.3. The molecule has 3 saturated carbocycles. The molecule has 1 heterocycles. The lowest BCUT2D eigenvalue weighted by atomic mass is 9.33. The van der Waals surface area contributed by atoms with Crippen molar-refractivity contribution in [2.75, 3.05) is 7.11 Å². The van der Waals surface area contributed by atoms with E-state index < -0.39 is 11.5 Å². The third-order valence-corrected chi connectivity index (χ3v) is 16.5. The number of hydrogen-bond acceptors (Lipinski definition) is 3. The van der Waals surface area contributed by atoms with Gasteiger partial charge in [0.1, 0.15) is 6.04 Å². The maximum absolute atomic E-state index is 14.7. The Morgan fingerprint density at radius 1 is 1.02 bits per heavy atom. The molecular weight excluding hydrogens is 628 g/mol. The van der Waals surface area contributed by atoms with E-state index in [1.807, 2.05) is 13.0 Å². The van der Waals surface area contributed by atoms with E-state index in [1.54, 1.807) is 5.57 Å². The second-order valence-corrected chi connectivity index (χ2v) is 19.7. The van der Waals surface area contributed by atoms with Gasteiger partial charge in [0, 0.05) is 27.0 Å². The number of allylic oxidation sites excluding steroid dienone is 2. The van der Waals surface area contributed by atoms with E-state index in [0.717, 1.165) is 56.4 Å². The Bertz CT molecular complexity index is 1720. The molecule has 2 aromatic rings. The number of carbonyl (C=O) groups excluding carboxylic acids is 2. The minimum atomic E-state index is -0.614. The van der Waals surface area contributed by atoms with Crippen molar-refractivity contribution in [1.29, 1.82) is 0 Å². The molecule has 0 saturated heterocycles. The number of H-pyrrole nitrogens is 1. The molecule has 5 aliphatic rings. The molecule has 1 aromatic carbocycles. The summed E-state index contributed by atoms with van der Waals surface area (Å²) in [5.74, 6) is 1.05. The van der Waals surface area contributed by atoms with Crippen LogP contribution in [-0.2, 0) is 26.2 Å². The van der Waals surface area contributed by atoms with Crippen LogP contribution in [0.15, 0.2) is 29.8 Å². The summed E-state index contributed by atoms with van der Waals surface area (Å²) in [4.78, 5) is 31.6. The maximum atomic E-state index is 14.7. The second kappa shape index (κ2) is 11.4. The third kappa shape index (κ3) is 4.82. The Hall–Kier alpha value is -2.27. The normalized spacial score (nSPS) is 38.4. The van der Waals surface area contributed by atoms with Crippen molar-refractivity contribution in [1.82, 2.24) is 10.3 Å². The summed E-state index contributed by atoms with van der Waals surface area (Å²) in [7, 11) is 1.43. The maximum Gasteiger partial charge on any atom is 0.328 e. The van der Waals surface area contributed by atoms with Gasteiger partial charge in [-0.2, -0.15) is 0 Å². The quantitative estimate of drug-likeness (QED) is 0.243. The number of benzene rings is 1. The highest BCUT2D eigenvalue weighted by molar-refractivity contribution is 6.31. The van der Waals surface area contributed by atoms with E-state index >= 15 is 0 Å². The van der Waals surface area contributed by atoms with Crippen LogP contribution >= 0.6 is 11.6 Å². The lowest BCUT2D eigenvalue weighted by Crippen LogP contribution is -2.65. The highest BCUT2D eigenvalue weighted by atomic mass is 35.5. The first-order chi connectivity index (χ1) is 22.9. The second-order valence-electron chi connectivity index (χ2n) is 19.3. The van der Waals surface area contributed by atoms with Crippen LogP contribution in [0.5, 0.6) is 0 Å². The topological polar surface area (TPSA) is 71.2 Å². The molecule has 0 aliphatic heterocycles. The Labute approximate surface area is 300 Å². The Balaban J connectivity index is 1.30. The predicted molar refractivity (Wildman–Crippen MR) is 199 cm³/mol. The Morgan fingerprint density at radius 3 is 2.43 bits per heavy atom. The summed E-state index contributed by atoms with van der Waals surface area (Å²) >= 11 is 6.60. The summed E-state index contributed by atoms with van der Waals surface area (Å²) in [5, 5.41) is 5.40. The minimum absolute atomic E-state index is 0.0121. The van der Waals surface area contributed by atoms with Crippen LogP contribution in [0.25, 0.3) is 10.9 Å². The van der Waals surface area contributed by atoms with Gasteiger partial charge in [-0.1, -0.05) is 92.0 Å². The van der Waals surface area contributed by atoms with Crippen molar-refractivity contribution in [3.05, 3.63) is 46.1 Å². The van der Waals surface area contributed by atoms with Gasteiger partial charge in [-0.05, 0) is 127 Å². The average molecular weight is 689 g/mol. The molecule has 6 heteroatoms. The van der Waals surface area contributed by atoms with Crippen molar-refractivity contribution in [3.63, 3.8) is 0 Å². The largest absolute Gasteiger partial charge is 0.467 e. The molecule has 0 spiro atoms. The number of aromatic amines is 1. The zero-order chi connectivity index (χ0) is 35.5. The first kappa shape index (κ1) is 35.1. The van der Waals surface area contributed by atoms with Gasteiger partial charge in [0.25, 0.3) is 0 Å². The highest BCUT2D eigenvalue weighted by Crippen LogP contribution is 2.75. The van der Waals surface area contributed by atoms with E-state index in [1.165, 1.54) is 42.1 Å². The van der Waals surface area contributed by atoms with Crippen LogP contribution in [0.4, 0.5) is 0 Å². The fourth-order valence-electron chi connectivity index (χ4n) is 13.0. The first-order valence-corrected chi connectivity index (χ1v) is 19.7. The van der Waals surface area contributed by atoms with Gasteiger partial charge in [-0.25, -0.2) is 4.79 Å². The molecule has 0 bridgehead atoms. The standard InChI is InChI=1S/C43H61ClN2O3/c1-11-25(2)34(36(47)49-10)46-37(48)43-20-18-38(3,4)24-30(43)29-13-15-33-40(7)23-28-27-22-26(44)12-14-31(27)45-35(28)39(5,6)32(40)16-17-42(33,9)41(29,8)19-21-43/h12-14,22,25,30,32-34,45H,11,15-21,23-24H2,1-10H3,(H,46,48)/t25-,30-,32-,33+,34-,40-,41+,42+,43-/m0/s1. The average Bonchev–Trinajstić information content (AvgIpc) is 3.40. The number of esters is 1. The number of ether oxygens (including phenoxy) is 1. The van der Waals surface area contributed by atoms with Crippen LogP contribution in [0, 0.1) is 50.7 Å². The van der Waals surface area contributed by atoms with Crippen molar-refractivity contribution < 1.29 is 14.3 Å².